The van der Waals surface area contributed by atoms with E-state index in [4.69, 9.17) is 4.18 Å². The Morgan fingerprint density at radius 3 is 2.18 bits per heavy atom. The first-order valence-corrected chi connectivity index (χ1v) is 11.5. The quantitative estimate of drug-likeness (QED) is 0.299. The van der Waals surface area contributed by atoms with Crippen LogP contribution >= 0.6 is 0 Å². The minimum atomic E-state index is -4.15. The molecule has 0 heterocycles. The van der Waals surface area contributed by atoms with E-state index in [0.29, 0.717) is 16.9 Å². The zero-order valence-corrected chi connectivity index (χ0v) is 19.2. The van der Waals surface area contributed by atoms with Crippen LogP contribution in [0.1, 0.15) is 18.1 Å². The van der Waals surface area contributed by atoms with Crippen LogP contribution in [0.4, 0.5) is 11.4 Å². The molecule has 0 aliphatic carbocycles. The second-order valence-corrected chi connectivity index (χ2v) is 8.85. The molecule has 0 bridgehead atoms. The van der Waals surface area contributed by atoms with Crippen LogP contribution < -0.4 is 14.8 Å². The number of carbonyl (C=O) groups is 2. The topological polar surface area (TPSA) is 125 Å². The van der Waals surface area contributed by atoms with E-state index in [1.54, 1.807) is 24.3 Å². The minimum Gasteiger partial charge on any atom is -0.379 e. The van der Waals surface area contributed by atoms with Crippen LogP contribution in [0.3, 0.4) is 0 Å². The molecular weight excluding hydrogens is 454 g/mol. The van der Waals surface area contributed by atoms with Crippen molar-refractivity contribution in [2.75, 3.05) is 10.6 Å². The average Bonchev–Trinajstić information content (AvgIpc) is 2.79. The fraction of sp³-hybridized carbons (Fsp3) is 0.0800. The fourth-order valence-electron chi connectivity index (χ4n) is 2.89. The largest absolute Gasteiger partial charge is 0.379 e. The Kier molecular flexibility index (Phi) is 7.46. The Morgan fingerprint density at radius 2 is 1.56 bits per heavy atom. The second kappa shape index (κ2) is 10.5. The van der Waals surface area contributed by atoms with Crippen molar-refractivity contribution < 1.29 is 22.2 Å². The number of nitrogens with one attached hydrogen (secondary N) is 2. The molecule has 0 saturated carbocycles. The first-order valence-electron chi connectivity index (χ1n) is 10.1. The van der Waals surface area contributed by atoms with Gasteiger partial charge in [0.25, 0.3) is 5.91 Å². The smallest absolute Gasteiger partial charge is 0.339 e. The normalized spacial score (nSPS) is 11.3. The number of hydrogen-bond donors (Lipinski definition) is 2. The molecule has 9 heteroatoms. The highest BCUT2D eigenvalue weighted by Gasteiger charge is 2.17. The van der Waals surface area contributed by atoms with E-state index in [9.17, 15) is 23.3 Å². The van der Waals surface area contributed by atoms with Crippen LogP contribution in [0.2, 0.25) is 0 Å². The van der Waals surface area contributed by atoms with Crippen molar-refractivity contribution in [3.8, 4) is 11.8 Å². The maximum absolute atomic E-state index is 12.6. The monoisotopic (exact) mass is 475 g/mol. The van der Waals surface area contributed by atoms with Gasteiger partial charge in [0.15, 0.2) is 0 Å². The van der Waals surface area contributed by atoms with E-state index >= 15 is 0 Å². The van der Waals surface area contributed by atoms with Crippen molar-refractivity contribution in [2.24, 2.45) is 0 Å². The van der Waals surface area contributed by atoms with E-state index in [-0.39, 0.29) is 22.1 Å². The van der Waals surface area contributed by atoms with Gasteiger partial charge in [0.1, 0.15) is 22.3 Å². The standard InChI is InChI=1S/C25H21N3O5S/c1-17-6-8-22(9-7-17)28-25(30)20(16-26)14-19-4-3-5-23(15-19)33-34(31,32)24-12-10-21(11-13-24)27-18(2)29/h3-15H,1-2H3,(H,27,29)(H,28,30)/b20-14+. The number of benzene rings is 3. The molecule has 0 aromatic heterocycles. The Bertz CT molecular complexity index is 1390. The van der Waals surface area contributed by atoms with E-state index in [0.717, 1.165) is 5.56 Å². The third-order valence-electron chi connectivity index (χ3n) is 4.51. The Balaban J connectivity index is 1.77. The van der Waals surface area contributed by atoms with E-state index < -0.39 is 16.0 Å². The molecular formula is C25H21N3O5S. The van der Waals surface area contributed by atoms with Crippen LogP contribution in [-0.4, -0.2) is 20.2 Å². The van der Waals surface area contributed by atoms with Gasteiger partial charge in [-0.3, -0.25) is 9.59 Å². The maximum atomic E-state index is 12.6. The number of rotatable bonds is 7. The van der Waals surface area contributed by atoms with Crippen molar-refractivity contribution in [3.63, 3.8) is 0 Å². The minimum absolute atomic E-state index is 0.0101. The first-order chi connectivity index (χ1) is 16.2. The second-order valence-electron chi connectivity index (χ2n) is 7.31. The summed E-state index contributed by atoms with van der Waals surface area (Å²) in [5.41, 5.74) is 2.28. The van der Waals surface area contributed by atoms with Crippen LogP contribution in [0.5, 0.6) is 5.75 Å². The van der Waals surface area contributed by atoms with E-state index in [2.05, 4.69) is 10.6 Å². The number of nitrogens with zero attached hydrogens (tertiary/aromatic N) is 1. The van der Waals surface area contributed by atoms with Gasteiger partial charge in [0, 0.05) is 18.3 Å². The Hall–Kier alpha value is -4.42. The van der Waals surface area contributed by atoms with Crippen molar-refractivity contribution >= 4 is 39.4 Å². The lowest BCUT2D eigenvalue weighted by atomic mass is 10.1. The fourth-order valence-corrected chi connectivity index (χ4v) is 3.81. The molecule has 8 nitrogen and oxygen atoms in total. The lowest BCUT2D eigenvalue weighted by Gasteiger charge is -2.09. The maximum Gasteiger partial charge on any atom is 0.339 e. The summed E-state index contributed by atoms with van der Waals surface area (Å²) < 4.78 is 30.4. The summed E-state index contributed by atoms with van der Waals surface area (Å²) in [5.74, 6) is -0.860. The number of amides is 2. The van der Waals surface area contributed by atoms with Gasteiger partial charge in [0.2, 0.25) is 5.91 Å². The third kappa shape index (κ3) is 6.54. The van der Waals surface area contributed by atoms with Crippen molar-refractivity contribution in [1.29, 1.82) is 5.26 Å². The lowest BCUT2D eigenvalue weighted by Crippen LogP contribution is -2.13. The summed E-state index contributed by atoms with van der Waals surface area (Å²) in [7, 11) is -4.15. The molecule has 2 N–H and O–H groups in total. The van der Waals surface area contributed by atoms with Crippen LogP contribution in [0, 0.1) is 18.3 Å². The Morgan fingerprint density at radius 1 is 0.941 bits per heavy atom. The molecule has 0 atom stereocenters. The molecule has 3 rings (SSSR count). The highest BCUT2D eigenvalue weighted by Crippen LogP contribution is 2.22. The molecule has 0 saturated heterocycles. The summed E-state index contributed by atoms with van der Waals surface area (Å²) in [4.78, 5) is 23.5. The average molecular weight is 476 g/mol. The SMILES string of the molecule is CC(=O)Nc1ccc(S(=O)(=O)Oc2cccc(/C=C(\C#N)C(=O)Nc3ccc(C)cc3)c2)cc1. The summed E-state index contributed by atoms with van der Waals surface area (Å²) in [6.45, 7) is 3.27. The van der Waals surface area contributed by atoms with Crippen molar-refractivity contribution in [3.05, 3.63) is 89.5 Å². The predicted molar refractivity (Wildman–Crippen MR) is 128 cm³/mol. The number of carbonyl (C=O) groups excluding carboxylic acids is 2. The number of nitriles is 1. The van der Waals surface area contributed by atoms with Crippen LogP contribution in [0.15, 0.2) is 83.3 Å². The van der Waals surface area contributed by atoms with E-state index in [1.807, 2.05) is 25.1 Å². The molecule has 2 amide bonds. The lowest BCUT2D eigenvalue weighted by molar-refractivity contribution is -0.114. The molecule has 0 unspecified atom stereocenters. The van der Waals surface area contributed by atoms with Gasteiger partial charge in [-0.1, -0.05) is 29.8 Å². The van der Waals surface area contributed by atoms with Gasteiger partial charge in [0.05, 0.1) is 0 Å². The number of hydrogen-bond acceptors (Lipinski definition) is 6. The molecule has 0 radical (unpaired) electrons. The summed E-state index contributed by atoms with van der Waals surface area (Å²) in [6.07, 6.45) is 1.34. The van der Waals surface area contributed by atoms with Gasteiger partial charge < -0.3 is 14.8 Å². The summed E-state index contributed by atoms with van der Waals surface area (Å²) in [5, 5.41) is 14.6. The van der Waals surface area contributed by atoms with Gasteiger partial charge in [-0.15, -0.1) is 0 Å². The molecule has 0 aliphatic rings. The molecule has 34 heavy (non-hydrogen) atoms. The molecule has 3 aromatic carbocycles. The molecule has 0 spiro atoms. The zero-order valence-electron chi connectivity index (χ0n) is 18.4. The highest BCUT2D eigenvalue weighted by atomic mass is 32.2. The van der Waals surface area contributed by atoms with Gasteiger partial charge in [-0.2, -0.15) is 13.7 Å². The highest BCUT2D eigenvalue weighted by molar-refractivity contribution is 7.87. The molecule has 3 aromatic rings. The third-order valence-corrected chi connectivity index (χ3v) is 5.77. The zero-order chi connectivity index (χ0) is 24.7. The summed E-state index contributed by atoms with van der Waals surface area (Å²) >= 11 is 0. The predicted octanol–water partition coefficient (Wildman–Crippen LogP) is 4.27. The van der Waals surface area contributed by atoms with Crippen LogP contribution in [-0.2, 0) is 19.7 Å². The Labute approximate surface area is 197 Å². The molecule has 0 aliphatic heterocycles. The van der Waals surface area contributed by atoms with Gasteiger partial charge >= 0.3 is 10.1 Å². The van der Waals surface area contributed by atoms with Gasteiger partial charge in [-0.05, 0) is 67.1 Å². The van der Waals surface area contributed by atoms with E-state index in [1.165, 1.54) is 49.4 Å². The number of aryl methyl sites for hydroxylation is 1. The number of anilines is 2. The van der Waals surface area contributed by atoms with Crippen molar-refractivity contribution in [1.82, 2.24) is 0 Å². The summed E-state index contributed by atoms with van der Waals surface area (Å²) in [6, 6.07) is 20.5. The first kappa shape index (κ1) is 24.2. The molecule has 0 fully saturated rings. The van der Waals surface area contributed by atoms with Crippen LogP contribution in [0.25, 0.3) is 6.08 Å². The van der Waals surface area contributed by atoms with Crippen molar-refractivity contribution in [2.45, 2.75) is 18.7 Å². The van der Waals surface area contributed by atoms with Gasteiger partial charge in [-0.25, -0.2) is 0 Å². The molecule has 172 valence electrons.